The van der Waals surface area contributed by atoms with Gasteiger partial charge in [-0.25, -0.2) is 0 Å². The summed E-state index contributed by atoms with van der Waals surface area (Å²) in [5.74, 6) is 0.0948. The van der Waals surface area contributed by atoms with Crippen molar-refractivity contribution in [1.29, 1.82) is 0 Å². The summed E-state index contributed by atoms with van der Waals surface area (Å²) >= 11 is 0. The number of fused-ring (bicyclic) bond motifs is 1. The number of aryl methyl sites for hydroxylation is 2. The smallest absolute Gasteiger partial charge is 0.224 e. The first-order valence-corrected chi connectivity index (χ1v) is 9.91. The van der Waals surface area contributed by atoms with E-state index in [1.165, 1.54) is 16.5 Å². The second-order valence-electron chi connectivity index (χ2n) is 7.51. The van der Waals surface area contributed by atoms with Gasteiger partial charge in [-0.1, -0.05) is 48.5 Å². The number of hydrogen-bond donors (Lipinski definition) is 2. The molecule has 0 saturated carbocycles. The number of nitrogens with zero attached hydrogens (tertiary/aromatic N) is 2. The zero-order chi connectivity index (χ0) is 20.4. The molecule has 2 heterocycles. The molecule has 4 rings (SSSR count). The molecule has 0 aliphatic rings. The summed E-state index contributed by atoms with van der Waals surface area (Å²) in [6, 6.07) is 18.6. The lowest BCUT2D eigenvalue weighted by atomic mass is 9.91. The SMILES string of the molecule is Cc1nn(C)c(C)c1CC(=O)NC[C@@H](c1ccccc1)c1c[nH]c2ccccc12. The van der Waals surface area contributed by atoms with Gasteiger partial charge in [0.25, 0.3) is 0 Å². The number of benzene rings is 2. The molecule has 148 valence electrons. The Kier molecular flexibility index (Phi) is 5.21. The van der Waals surface area contributed by atoms with Crippen LogP contribution in [0.4, 0.5) is 0 Å². The molecule has 0 spiro atoms. The van der Waals surface area contributed by atoms with Crippen LogP contribution in [0.1, 0.15) is 34.0 Å². The Balaban J connectivity index is 1.57. The van der Waals surface area contributed by atoms with Crippen molar-refractivity contribution in [3.05, 3.63) is 88.9 Å². The molecule has 1 amide bonds. The maximum Gasteiger partial charge on any atom is 0.224 e. The minimum absolute atomic E-state index is 0.0185. The van der Waals surface area contributed by atoms with Crippen LogP contribution in [0.5, 0.6) is 0 Å². The van der Waals surface area contributed by atoms with Gasteiger partial charge in [-0.2, -0.15) is 5.10 Å². The number of aromatic nitrogens is 3. The average molecular weight is 386 g/mol. The van der Waals surface area contributed by atoms with Gasteiger partial charge in [-0.05, 0) is 31.0 Å². The fourth-order valence-corrected chi connectivity index (χ4v) is 3.99. The summed E-state index contributed by atoms with van der Waals surface area (Å²) in [5.41, 5.74) is 6.45. The molecule has 2 aromatic carbocycles. The lowest BCUT2D eigenvalue weighted by Crippen LogP contribution is -2.30. The Hall–Kier alpha value is -3.34. The topological polar surface area (TPSA) is 62.7 Å². The molecule has 2 aromatic heterocycles. The summed E-state index contributed by atoms with van der Waals surface area (Å²) < 4.78 is 1.83. The molecular formula is C24H26N4O. The van der Waals surface area contributed by atoms with Crippen LogP contribution in [-0.4, -0.2) is 27.2 Å². The first-order chi connectivity index (χ1) is 14.0. The van der Waals surface area contributed by atoms with Crippen LogP contribution >= 0.6 is 0 Å². The summed E-state index contributed by atoms with van der Waals surface area (Å²) in [5, 5.41) is 8.76. The van der Waals surface area contributed by atoms with Crippen molar-refractivity contribution in [2.24, 2.45) is 7.05 Å². The predicted octanol–water partition coefficient (Wildman–Crippen LogP) is 4.01. The van der Waals surface area contributed by atoms with E-state index < -0.39 is 0 Å². The van der Waals surface area contributed by atoms with E-state index in [1.807, 2.05) is 55.9 Å². The second kappa shape index (κ2) is 7.95. The maximum absolute atomic E-state index is 12.7. The number of H-pyrrole nitrogens is 1. The Labute approximate surface area is 170 Å². The van der Waals surface area contributed by atoms with Crippen molar-refractivity contribution in [3.8, 4) is 0 Å². The van der Waals surface area contributed by atoms with E-state index >= 15 is 0 Å². The van der Waals surface area contributed by atoms with Gasteiger partial charge in [-0.3, -0.25) is 9.48 Å². The van der Waals surface area contributed by atoms with Gasteiger partial charge in [0.05, 0.1) is 12.1 Å². The molecule has 4 aromatic rings. The summed E-state index contributed by atoms with van der Waals surface area (Å²) in [7, 11) is 1.91. The number of aromatic amines is 1. The van der Waals surface area contributed by atoms with Crippen LogP contribution in [0.15, 0.2) is 60.8 Å². The second-order valence-corrected chi connectivity index (χ2v) is 7.51. The Morgan fingerprint density at radius 3 is 2.55 bits per heavy atom. The van der Waals surface area contributed by atoms with E-state index in [1.54, 1.807) is 0 Å². The molecule has 0 radical (unpaired) electrons. The molecule has 5 heteroatoms. The van der Waals surface area contributed by atoms with Crippen molar-refractivity contribution in [2.45, 2.75) is 26.2 Å². The van der Waals surface area contributed by atoms with Crippen LogP contribution < -0.4 is 5.32 Å². The van der Waals surface area contributed by atoms with Crippen LogP contribution in [-0.2, 0) is 18.3 Å². The molecule has 2 N–H and O–H groups in total. The zero-order valence-electron chi connectivity index (χ0n) is 17.1. The van der Waals surface area contributed by atoms with Crippen molar-refractivity contribution < 1.29 is 4.79 Å². The van der Waals surface area contributed by atoms with Crippen molar-refractivity contribution in [1.82, 2.24) is 20.1 Å². The number of carbonyl (C=O) groups excluding carboxylic acids is 1. The highest BCUT2D eigenvalue weighted by molar-refractivity contribution is 5.84. The van der Waals surface area contributed by atoms with Crippen LogP contribution in [0, 0.1) is 13.8 Å². The van der Waals surface area contributed by atoms with Crippen LogP contribution in [0.2, 0.25) is 0 Å². The van der Waals surface area contributed by atoms with Crippen molar-refractivity contribution in [2.75, 3.05) is 6.54 Å². The van der Waals surface area contributed by atoms with Gasteiger partial charge in [0.2, 0.25) is 5.91 Å². The molecule has 29 heavy (non-hydrogen) atoms. The number of carbonyl (C=O) groups is 1. The Morgan fingerprint density at radius 1 is 1.10 bits per heavy atom. The van der Waals surface area contributed by atoms with E-state index in [0.29, 0.717) is 13.0 Å². The molecule has 0 bridgehead atoms. The summed E-state index contributed by atoms with van der Waals surface area (Å²) in [4.78, 5) is 16.1. The molecule has 1 atom stereocenters. The Morgan fingerprint density at radius 2 is 1.83 bits per heavy atom. The lowest BCUT2D eigenvalue weighted by Gasteiger charge is -2.18. The largest absolute Gasteiger partial charge is 0.361 e. The summed E-state index contributed by atoms with van der Waals surface area (Å²) in [6.07, 6.45) is 2.41. The van der Waals surface area contributed by atoms with Crippen LogP contribution in [0.25, 0.3) is 10.9 Å². The first kappa shape index (κ1) is 19.0. The molecule has 0 fully saturated rings. The van der Waals surface area contributed by atoms with Crippen LogP contribution in [0.3, 0.4) is 0 Å². The minimum atomic E-state index is 0.0185. The van der Waals surface area contributed by atoms with E-state index in [0.717, 1.165) is 22.5 Å². The Bertz CT molecular complexity index is 1140. The first-order valence-electron chi connectivity index (χ1n) is 9.91. The molecule has 0 unspecified atom stereocenters. The maximum atomic E-state index is 12.7. The van der Waals surface area contributed by atoms with Gasteiger partial charge in [0, 0.05) is 47.9 Å². The fourth-order valence-electron chi connectivity index (χ4n) is 3.99. The van der Waals surface area contributed by atoms with E-state index in [2.05, 4.69) is 45.9 Å². The normalized spacial score (nSPS) is 12.2. The summed E-state index contributed by atoms with van der Waals surface area (Å²) in [6.45, 7) is 4.50. The van der Waals surface area contributed by atoms with Gasteiger partial charge >= 0.3 is 0 Å². The molecule has 5 nitrogen and oxygen atoms in total. The zero-order valence-corrected chi connectivity index (χ0v) is 17.1. The van der Waals surface area contributed by atoms with Gasteiger partial charge in [0.15, 0.2) is 0 Å². The number of nitrogens with one attached hydrogen (secondary N) is 2. The number of hydrogen-bond acceptors (Lipinski definition) is 2. The lowest BCUT2D eigenvalue weighted by molar-refractivity contribution is -0.120. The monoisotopic (exact) mass is 386 g/mol. The highest BCUT2D eigenvalue weighted by Crippen LogP contribution is 2.30. The third kappa shape index (κ3) is 3.81. The molecule has 0 aliphatic heterocycles. The predicted molar refractivity (Wildman–Crippen MR) is 116 cm³/mol. The number of para-hydroxylation sites is 1. The average Bonchev–Trinajstić information content (AvgIpc) is 3.25. The van der Waals surface area contributed by atoms with Gasteiger partial charge < -0.3 is 10.3 Å². The van der Waals surface area contributed by atoms with Crippen molar-refractivity contribution in [3.63, 3.8) is 0 Å². The molecule has 0 saturated heterocycles. The minimum Gasteiger partial charge on any atom is -0.361 e. The third-order valence-electron chi connectivity index (χ3n) is 5.70. The third-order valence-corrected chi connectivity index (χ3v) is 5.70. The quantitative estimate of drug-likeness (QED) is 0.526. The van der Waals surface area contributed by atoms with Gasteiger partial charge in [0.1, 0.15) is 0 Å². The van der Waals surface area contributed by atoms with Crippen molar-refractivity contribution >= 4 is 16.8 Å². The fraction of sp³-hybridized carbons (Fsp3) is 0.250. The molecular weight excluding hydrogens is 360 g/mol. The highest BCUT2D eigenvalue weighted by atomic mass is 16.1. The van der Waals surface area contributed by atoms with E-state index in [4.69, 9.17) is 0 Å². The highest BCUT2D eigenvalue weighted by Gasteiger charge is 2.20. The molecule has 0 aliphatic carbocycles. The number of amides is 1. The number of rotatable bonds is 6. The van der Waals surface area contributed by atoms with E-state index in [9.17, 15) is 4.79 Å². The van der Waals surface area contributed by atoms with Gasteiger partial charge in [-0.15, -0.1) is 0 Å². The van der Waals surface area contributed by atoms with E-state index in [-0.39, 0.29) is 11.8 Å². The standard InChI is InChI=1S/C24H26N4O/c1-16-20(17(2)28(3)27-16)13-24(29)26-14-21(18-9-5-4-6-10-18)22-15-25-23-12-8-7-11-19(22)23/h4-12,15,21,25H,13-14H2,1-3H3,(H,26,29)/t21-/m0/s1.